The van der Waals surface area contributed by atoms with Gasteiger partial charge < -0.3 is 4.74 Å². The van der Waals surface area contributed by atoms with Crippen LogP contribution in [0.3, 0.4) is 0 Å². The molecule has 0 unspecified atom stereocenters. The second-order valence-corrected chi connectivity index (χ2v) is 3.49. The number of nitrogens with zero attached hydrogens (tertiary/aromatic N) is 2. The lowest BCUT2D eigenvalue weighted by atomic mass is 10.0. The average molecular weight is 255 g/mol. The fourth-order valence-electron chi connectivity index (χ4n) is 1.25. The summed E-state index contributed by atoms with van der Waals surface area (Å²) < 4.78 is 4.43. The average Bonchev–Trinajstić information content (AvgIpc) is 2.28. The summed E-state index contributed by atoms with van der Waals surface area (Å²) in [6.45, 7) is 0. The van der Waals surface area contributed by atoms with E-state index in [1.165, 1.54) is 7.11 Å². The van der Waals surface area contributed by atoms with Crippen LogP contribution in [0.1, 0.15) is 11.1 Å². The van der Waals surface area contributed by atoms with E-state index in [9.17, 15) is 14.9 Å². The Kier molecular flexibility index (Phi) is 4.01. The van der Waals surface area contributed by atoms with Crippen molar-refractivity contribution >= 4 is 23.3 Å². The van der Waals surface area contributed by atoms with Gasteiger partial charge in [0, 0.05) is 12.1 Å². The summed E-state index contributed by atoms with van der Waals surface area (Å²) in [4.78, 5) is 21.1. The van der Waals surface area contributed by atoms with Gasteiger partial charge in [-0.15, -0.1) is 0 Å². The first-order valence-corrected chi connectivity index (χ1v) is 4.81. The minimum atomic E-state index is -0.645. The molecule has 1 rings (SSSR count). The molecule has 0 bridgehead atoms. The molecule has 0 aliphatic carbocycles. The molecule has 0 aromatic heterocycles. The smallest absolute Gasteiger partial charge is 0.310 e. The van der Waals surface area contributed by atoms with Crippen molar-refractivity contribution < 1.29 is 14.5 Å². The van der Waals surface area contributed by atoms with Gasteiger partial charge in [0.1, 0.15) is 6.07 Å². The third-order valence-electron chi connectivity index (χ3n) is 2.04. The van der Waals surface area contributed by atoms with E-state index in [1.54, 1.807) is 6.07 Å². The standard InChI is InChI=1S/C10H7ClN2O4/c1-17-10(14)3-6-2-7(13(15)16)4-9(11)8(6)5-12/h2,4H,3H2,1H3. The monoisotopic (exact) mass is 254 g/mol. The molecule has 17 heavy (non-hydrogen) atoms. The van der Waals surface area contributed by atoms with Crippen LogP contribution in [0.2, 0.25) is 5.02 Å². The quantitative estimate of drug-likeness (QED) is 0.466. The molecule has 6 nitrogen and oxygen atoms in total. The van der Waals surface area contributed by atoms with Crippen LogP contribution in [0.15, 0.2) is 12.1 Å². The van der Waals surface area contributed by atoms with Crippen LogP contribution >= 0.6 is 11.6 Å². The fourth-order valence-corrected chi connectivity index (χ4v) is 1.52. The molecule has 0 saturated carbocycles. The number of nitriles is 1. The number of hydrogen-bond acceptors (Lipinski definition) is 5. The maximum Gasteiger partial charge on any atom is 0.310 e. The number of rotatable bonds is 3. The van der Waals surface area contributed by atoms with Crippen molar-refractivity contribution in [2.75, 3.05) is 7.11 Å². The topological polar surface area (TPSA) is 93.2 Å². The zero-order chi connectivity index (χ0) is 13.0. The number of non-ortho nitro benzene ring substituents is 1. The van der Waals surface area contributed by atoms with Gasteiger partial charge in [-0.25, -0.2) is 0 Å². The van der Waals surface area contributed by atoms with Crippen molar-refractivity contribution in [3.8, 4) is 6.07 Å². The van der Waals surface area contributed by atoms with Crippen molar-refractivity contribution in [2.45, 2.75) is 6.42 Å². The maximum absolute atomic E-state index is 11.1. The second kappa shape index (κ2) is 5.27. The molecule has 0 fully saturated rings. The molecule has 0 atom stereocenters. The van der Waals surface area contributed by atoms with Gasteiger partial charge in [0.2, 0.25) is 0 Å². The Labute approximate surface area is 102 Å². The van der Waals surface area contributed by atoms with E-state index in [1.807, 2.05) is 0 Å². The predicted octanol–water partition coefficient (Wildman–Crippen LogP) is 1.84. The summed E-state index contributed by atoms with van der Waals surface area (Å²) in [5.74, 6) is -0.599. The Balaban J connectivity index is 3.30. The van der Waals surface area contributed by atoms with Crippen molar-refractivity contribution in [3.63, 3.8) is 0 Å². The Hall–Kier alpha value is -2.13. The number of esters is 1. The first-order valence-electron chi connectivity index (χ1n) is 4.43. The van der Waals surface area contributed by atoms with E-state index < -0.39 is 10.9 Å². The SMILES string of the molecule is COC(=O)Cc1cc([N+](=O)[O-])cc(Cl)c1C#N. The third kappa shape index (κ3) is 2.92. The van der Waals surface area contributed by atoms with Crippen LogP contribution in [0.5, 0.6) is 0 Å². The van der Waals surface area contributed by atoms with Crippen molar-refractivity contribution in [1.82, 2.24) is 0 Å². The molecular weight excluding hydrogens is 248 g/mol. The van der Waals surface area contributed by atoms with E-state index in [4.69, 9.17) is 16.9 Å². The Bertz CT molecular complexity index is 522. The van der Waals surface area contributed by atoms with Gasteiger partial charge >= 0.3 is 5.97 Å². The van der Waals surface area contributed by atoms with Crippen LogP contribution in [-0.4, -0.2) is 18.0 Å². The first-order chi connectivity index (χ1) is 7.99. The minimum absolute atomic E-state index is 0.0441. The summed E-state index contributed by atoms with van der Waals surface area (Å²) in [5, 5.41) is 19.4. The second-order valence-electron chi connectivity index (χ2n) is 3.08. The highest BCUT2D eigenvalue weighted by molar-refractivity contribution is 6.32. The van der Waals surface area contributed by atoms with Gasteiger partial charge in [-0.2, -0.15) is 5.26 Å². The lowest BCUT2D eigenvalue weighted by Crippen LogP contribution is -2.07. The number of methoxy groups -OCH3 is 1. The summed E-state index contributed by atoms with van der Waals surface area (Å²) in [7, 11) is 1.19. The number of hydrogen-bond donors (Lipinski definition) is 0. The van der Waals surface area contributed by atoms with Gasteiger partial charge in [-0.3, -0.25) is 14.9 Å². The molecule has 0 amide bonds. The molecule has 7 heteroatoms. The van der Waals surface area contributed by atoms with Crippen LogP contribution in [0.25, 0.3) is 0 Å². The summed E-state index contributed by atoms with van der Waals surface area (Å²) >= 11 is 5.73. The van der Waals surface area contributed by atoms with Crippen molar-refractivity contribution in [3.05, 3.63) is 38.4 Å². The highest BCUT2D eigenvalue weighted by Crippen LogP contribution is 2.26. The lowest BCUT2D eigenvalue weighted by molar-refractivity contribution is -0.384. The molecule has 0 radical (unpaired) electrons. The summed E-state index contributed by atoms with van der Waals surface area (Å²) in [5.41, 5.74) is -0.0471. The van der Waals surface area contributed by atoms with Gasteiger partial charge in [-0.05, 0) is 5.56 Å². The molecule has 0 N–H and O–H groups in total. The fraction of sp³-hybridized carbons (Fsp3) is 0.200. The Morgan fingerprint density at radius 1 is 1.65 bits per heavy atom. The lowest BCUT2D eigenvalue weighted by Gasteiger charge is -2.04. The first kappa shape index (κ1) is 12.9. The Morgan fingerprint density at radius 3 is 2.76 bits per heavy atom. The van der Waals surface area contributed by atoms with Crippen molar-refractivity contribution in [1.29, 1.82) is 5.26 Å². The summed E-state index contributed by atoms with van der Waals surface area (Å²) in [6, 6.07) is 4.01. The molecule has 1 aromatic carbocycles. The number of halogens is 1. The number of carbonyl (C=O) groups is 1. The Morgan fingerprint density at radius 2 is 2.29 bits per heavy atom. The van der Waals surface area contributed by atoms with Crippen LogP contribution in [-0.2, 0) is 16.0 Å². The highest BCUT2D eigenvalue weighted by Gasteiger charge is 2.17. The van der Waals surface area contributed by atoms with Gasteiger partial charge in [0.25, 0.3) is 5.69 Å². The number of nitro benzene ring substituents is 1. The van der Waals surface area contributed by atoms with E-state index in [0.29, 0.717) is 0 Å². The van der Waals surface area contributed by atoms with Gasteiger partial charge in [-0.1, -0.05) is 11.6 Å². The molecular formula is C10H7ClN2O4. The van der Waals surface area contributed by atoms with Gasteiger partial charge in [0.15, 0.2) is 0 Å². The highest BCUT2D eigenvalue weighted by atomic mass is 35.5. The molecule has 0 spiro atoms. The number of benzene rings is 1. The van der Waals surface area contributed by atoms with Crippen molar-refractivity contribution in [2.24, 2.45) is 0 Å². The summed E-state index contributed by atoms with van der Waals surface area (Å²) in [6.07, 6.45) is -0.235. The van der Waals surface area contributed by atoms with E-state index in [0.717, 1.165) is 12.1 Å². The molecule has 0 aliphatic heterocycles. The van der Waals surface area contributed by atoms with Gasteiger partial charge in [0.05, 0.1) is 29.0 Å². The molecule has 0 saturated heterocycles. The van der Waals surface area contributed by atoms with Crippen LogP contribution in [0, 0.1) is 21.4 Å². The zero-order valence-corrected chi connectivity index (χ0v) is 9.52. The maximum atomic E-state index is 11.1. The largest absolute Gasteiger partial charge is 0.469 e. The van der Waals surface area contributed by atoms with E-state index in [2.05, 4.69) is 4.74 Å². The predicted molar refractivity (Wildman–Crippen MR) is 58.5 cm³/mol. The third-order valence-corrected chi connectivity index (χ3v) is 2.34. The van der Waals surface area contributed by atoms with Crippen LogP contribution < -0.4 is 0 Å². The van der Waals surface area contributed by atoms with E-state index in [-0.39, 0.29) is 28.3 Å². The number of carbonyl (C=O) groups excluding carboxylic acids is 1. The number of ether oxygens (including phenoxy) is 1. The molecule has 1 aromatic rings. The zero-order valence-electron chi connectivity index (χ0n) is 8.77. The molecule has 0 aliphatic rings. The minimum Gasteiger partial charge on any atom is -0.469 e. The van der Waals surface area contributed by atoms with Crippen LogP contribution in [0.4, 0.5) is 5.69 Å². The molecule has 0 heterocycles. The van der Waals surface area contributed by atoms with E-state index >= 15 is 0 Å². The normalized spacial score (nSPS) is 9.47. The molecule has 88 valence electrons. The number of nitro groups is 1.